The van der Waals surface area contributed by atoms with E-state index < -0.39 is 0 Å². The number of imide groups is 1. The minimum Gasteiger partial charge on any atom is -0.285 e. The topological polar surface area (TPSA) is 63.2 Å². The molecule has 0 aliphatic carbocycles. The molecule has 1 aromatic heterocycles. The van der Waals surface area contributed by atoms with Crippen LogP contribution in [0.2, 0.25) is 0 Å². The van der Waals surface area contributed by atoms with Crippen LogP contribution in [-0.2, 0) is 9.59 Å². The highest BCUT2D eigenvalue weighted by Gasteiger charge is 2.37. The van der Waals surface area contributed by atoms with Crippen molar-refractivity contribution in [1.82, 2.24) is 14.9 Å². The predicted octanol–water partition coefficient (Wildman–Crippen LogP) is 0.943. The van der Waals surface area contributed by atoms with Gasteiger partial charge >= 0.3 is 0 Å². The van der Waals surface area contributed by atoms with Crippen molar-refractivity contribution >= 4 is 23.6 Å². The fourth-order valence-electron chi connectivity index (χ4n) is 1.69. The van der Waals surface area contributed by atoms with Crippen LogP contribution >= 0.6 is 11.8 Å². The van der Waals surface area contributed by atoms with Crippen LogP contribution in [0, 0.1) is 13.8 Å². The largest absolute Gasteiger partial charge is 0.285 e. The second-order valence-electron chi connectivity index (χ2n) is 4.03. The van der Waals surface area contributed by atoms with Gasteiger partial charge in [0.25, 0.3) is 0 Å². The lowest BCUT2D eigenvalue weighted by molar-refractivity contribution is -0.136. The average molecular weight is 251 g/mol. The first-order chi connectivity index (χ1) is 7.97. The van der Waals surface area contributed by atoms with E-state index in [1.54, 1.807) is 0 Å². The van der Waals surface area contributed by atoms with Crippen LogP contribution in [0.4, 0.5) is 0 Å². The summed E-state index contributed by atoms with van der Waals surface area (Å²) in [6.07, 6.45) is 0.232. The molecule has 1 saturated heterocycles. The van der Waals surface area contributed by atoms with Gasteiger partial charge in [0, 0.05) is 24.9 Å². The van der Waals surface area contributed by atoms with Crippen molar-refractivity contribution in [3.8, 4) is 0 Å². The summed E-state index contributed by atoms with van der Waals surface area (Å²) in [5.41, 5.74) is 1.73. The van der Waals surface area contributed by atoms with Crippen molar-refractivity contribution in [2.24, 2.45) is 0 Å². The fraction of sp³-hybridized carbons (Fsp3) is 0.455. The summed E-state index contributed by atoms with van der Waals surface area (Å²) in [6, 6.07) is 1.87. The lowest BCUT2D eigenvalue weighted by atomic mass is 10.3. The Balaban J connectivity index is 2.16. The maximum Gasteiger partial charge on any atom is 0.243 e. The zero-order valence-electron chi connectivity index (χ0n) is 9.93. The van der Waals surface area contributed by atoms with Gasteiger partial charge in [-0.05, 0) is 19.9 Å². The monoisotopic (exact) mass is 251 g/mol. The molecule has 1 unspecified atom stereocenters. The second kappa shape index (κ2) is 4.44. The van der Waals surface area contributed by atoms with E-state index in [-0.39, 0.29) is 23.5 Å². The second-order valence-corrected chi connectivity index (χ2v) is 5.20. The maximum atomic E-state index is 11.7. The van der Waals surface area contributed by atoms with Crippen LogP contribution in [-0.4, -0.2) is 39.0 Å². The summed E-state index contributed by atoms with van der Waals surface area (Å²) in [7, 11) is 1.51. The number of carbonyl (C=O) groups is 2. The molecule has 6 heteroatoms. The van der Waals surface area contributed by atoms with Gasteiger partial charge < -0.3 is 0 Å². The van der Waals surface area contributed by atoms with Crippen molar-refractivity contribution in [2.45, 2.75) is 30.7 Å². The number of amides is 2. The maximum absolute atomic E-state index is 11.7. The summed E-state index contributed by atoms with van der Waals surface area (Å²) >= 11 is 1.26. The van der Waals surface area contributed by atoms with E-state index in [0.29, 0.717) is 5.16 Å². The molecular weight excluding hydrogens is 238 g/mol. The van der Waals surface area contributed by atoms with Gasteiger partial charge in [-0.1, -0.05) is 11.8 Å². The summed E-state index contributed by atoms with van der Waals surface area (Å²) in [6.45, 7) is 3.76. The number of rotatable bonds is 2. The SMILES string of the molecule is Cc1cc(C)nc(SC2CC(=O)N(C)C2=O)n1. The van der Waals surface area contributed by atoms with Crippen LogP contribution in [0.5, 0.6) is 0 Å². The van der Waals surface area contributed by atoms with Crippen molar-refractivity contribution in [3.63, 3.8) is 0 Å². The zero-order valence-corrected chi connectivity index (χ0v) is 10.7. The van der Waals surface area contributed by atoms with Gasteiger partial charge in [0.1, 0.15) is 5.25 Å². The summed E-state index contributed by atoms with van der Waals surface area (Å²) in [4.78, 5) is 32.8. The third kappa shape index (κ3) is 2.46. The van der Waals surface area contributed by atoms with E-state index >= 15 is 0 Å². The quantitative estimate of drug-likeness (QED) is 0.578. The summed E-state index contributed by atoms with van der Waals surface area (Å²) in [5, 5.41) is 0.178. The van der Waals surface area contributed by atoms with Crippen LogP contribution in [0.3, 0.4) is 0 Å². The molecule has 0 spiro atoms. The van der Waals surface area contributed by atoms with Gasteiger partial charge in [0.05, 0.1) is 0 Å². The van der Waals surface area contributed by atoms with E-state index in [1.165, 1.54) is 23.7 Å². The molecule has 2 heterocycles. The van der Waals surface area contributed by atoms with Gasteiger partial charge in [-0.25, -0.2) is 9.97 Å². The molecule has 1 aromatic rings. The molecule has 2 amide bonds. The van der Waals surface area contributed by atoms with Crippen LogP contribution < -0.4 is 0 Å². The molecule has 0 radical (unpaired) electrons. The van der Waals surface area contributed by atoms with E-state index in [9.17, 15) is 9.59 Å². The lowest BCUT2D eigenvalue weighted by Gasteiger charge is -2.08. The van der Waals surface area contributed by atoms with Crippen LogP contribution in [0.15, 0.2) is 11.2 Å². The first-order valence-corrected chi connectivity index (χ1v) is 6.14. The molecule has 1 fully saturated rings. The number of aryl methyl sites for hydroxylation is 2. The number of thioether (sulfide) groups is 1. The predicted molar refractivity (Wildman–Crippen MR) is 63.5 cm³/mol. The van der Waals surface area contributed by atoms with Crippen molar-refractivity contribution in [3.05, 3.63) is 17.5 Å². The molecule has 90 valence electrons. The molecule has 1 aliphatic heterocycles. The van der Waals surface area contributed by atoms with E-state index in [2.05, 4.69) is 9.97 Å². The number of hydrogen-bond donors (Lipinski definition) is 0. The highest BCUT2D eigenvalue weighted by atomic mass is 32.2. The Morgan fingerprint density at radius 3 is 2.35 bits per heavy atom. The number of likely N-dealkylation sites (tertiary alicyclic amines) is 1. The van der Waals surface area contributed by atoms with E-state index in [0.717, 1.165) is 11.4 Å². The lowest BCUT2D eigenvalue weighted by Crippen LogP contribution is -2.26. The first kappa shape index (κ1) is 12.0. The van der Waals surface area contributed by atoms with Crippen molar-refractivity contribution in [1.29, 1.82) is 0 Å². The third-order valence-corrected chi connectivity index (χ3v) is 3.60. The summed E-state index contributed by atoms with van der Waals surface area (Å²) in [5.74, 6) is -0.306. The van der Waals surface area contributed by atoms with Crippen molar-refractivity contribution < 1.29 is 9.59 Å². The Bertz CT molecular complexity index is 469. The molecule has 0 N–H and O–H groups in total. The highest BCUT2D eigenvalue weighted by Crippen LogP contribution is 2.28. The summed E-state index contributed by atoms with van der Waals surface area (Å²) < 4.78 is 0. The molecule has 0 bridgehead atoms. The standard InChI is InChI=1S/C11H13N3O2S/c1-6-4-7(2)13-11(12-6)17-8-5-9(15)14(3)10(8)16/h4,8H,5H2,1-3H3. The minimum absolute atomic E-state index is 0.142. The molecule has 1 atom stereocenters. The average Bonchev–Trinajstić information content (AvgIpc) is 2.45. The Kier molecular flexibility index (Phi) is 3.15. The van der Waals surface area contributed by atoms with Crippen molar-refractivity contribution in [2.75, 3.05) is 7.05 Å². The zero-order chi connectivity index (χ0) is 12.6. The molecule has 5 nitrogen and oxygen atoms in total. The van der Waals surface area contributed by atoms with Gasteiger partial charge in [0.15, 0.2) is 5.16 Å². The molecule has 2 rings (SSSR count). The van der Waals surface area contributed by atoms with Crippen LogP contribution in [0.1, 0.15) is 17.8 Å². The molecular formula is C11H13N3O2S. The van der Waals surface area contributed by atoms with Crippen LogP contribution in [0.25, 0.3) is 0 Å². The Hall–Kier alpha value is -1.43. The van der Waals surface area contributed by atoms with Gasteiger partial charge in [0.2, 0.25) is 11.8 Å². The number of hydrogen-bond acceptors (Lipinski definition) is 5. The normalized spacial score (nSPS) is 20.2. The molecule has 0 aromatic carbocycles. The Labute approximate surface area is 104 Å². The smallest absolute Gasteiger partial charge is 0.243 e. The third-order valence-electron chi connectivity index (χ3n) is 2.55. The fourth-order valence-corrected chi connectivity index (χ4v) is 2.82. The molecule has 0 saturated carbocycles. The van der Waals surface area contributed by atoms with Gasteiger partial charge in [-0.3, -0.25) is 14.5 Å². The van der Waals surface area contributed by atoms with E-state index in [1.807, 2.05) is 19.9 Å². The molecule has 1 aliphatic rings. The molecule has 17 heavy (non-hydrogen) atoms. The minimum atomic E-state index is -0.381. The van der Waals surface area contributed by atoms with Gasteiger partial charge in [-0.15, -0.1) is 0 Å². The van der Waals surface area contributed by atoms with Gasteiger partial charge in [-0.2, -0.15) is 0 Å². The highest BCUT2D eigenvalue weighted by molar-refractivity contribution is 8.00. The number of carbonyl (C=O) groups excluding carboxylic acids is 2. The number of nitrogens with zero attached hydrogens (tertiary/aromatic N) is 3. The number of aromatic nitrogens is 2. The first-order valence-electron chi connectivity index (χ1n) is 5.26. The Morgan fingerprint density at radius 2 is 1.88 bits per heavy atom. The van der Waals surface area contributed by atoms with E-state index in [4.69, 9.17) is 0 Å². The Morgan fingerprint density at radius 1 is 1.29 bits per heavy atom.